The first-order valence-electron chi connectivity index (χ1n) is 14.1. The van der Waals surface area contributed by atoms with Crippen molar-refractivity contribution in [1.82, 2.24) is 0 Å². The lowest BCUT2D eigenvalue weighted by Crippen LogP contribution is -2.13. The van der Waals surface area contributed by atoms with E-state index in [4.69, 9.17) is 0 Å². The molecule has 0 nitrogen and oxygen atoms in total. The largest absolute Gasteiger partial charge is 0.0804 e. The van der Waals surface area contributed by atoms with Crippen molar-refractivity contribution in [2.75, 3.05) is 0 Å². The van der Waals surface area contributed by atoms with Crippen LogP contribution in [-0.2, 0) is 0 Å². The first kappa shape index (κ1) is 24.6. The molecule has 0 bridgehead atoms. The van der Waals surface area contributed by atoms with Crippen molar-refractivity contribution in [2.45, 2.75) is 135 Å². The summed E-state index contributed by atoms with van der Waals surface area (Å²) in [5.74, 6) is 2.78. The lowest BCUT2D eigenvalue weighted by molar-refractivity contribution is 0.302. The van der Waals surface area contributed by atoms with Crippen LogP contribution in [0.15, 0.2) is 30.3 Å². The molecular weight excluding hydrogens is 372 g/mol. The van der Waals surface area contributed by atoms with Gasteiger partial charge in [-0.1, -0.05) is 115 Å². The molecule has 0 N–H and O–H groups in total. The smallest absolute Gasteiger partial charge is 0.0162 e. The molecule has 1 aromatic rings. The van der Waals surface area contributed by atoms with Crippen LogP contribution in [0.5, 0.6) is 0 Å². The summed E-state index contributed by atoms with van der Waals surface area (Å²) < 4.78 is 0. The van der Waals surface area contributed by atoms with Gasteiger partial charge in [-0.25, -0.2) is 0 Å². The Morgan fingerprint density at radius 3 is 1.87 bits per heavy atom. The van der Waals surface area contributed by atoms with Crippen molar-refractivity contribution < 1.29 is 0 Å². The van der Waals surface area contributed by atoms with Crippen molar-refractivity contribution >= 4 is 5.57 Å². The highest BCUT2D eigenvalue weighted by Gasteiger charge is 2.22. The maximum Gasteiger partial charge on any atom is -0.0162 e. The van der Waals surface area contributed by atoms with E-state index in [2.05, 4.69) is 44.2 Å². The molecule has 0 aliphatic heterocycles. The van der Waals surface area contributed by atoms with Gasteiger partial charge in [-0.15, -0.1) is 0 Å². The average Bonchev–Trinajstić information content (AvgIpc) is 2.83. The van der Waals surface area contributed by atoms with E-state index in [1.807, 2.05) is 0 Å². The van der Waals surface area contributed by atoms with Gasteiger partial charge in [0, 0.05) is 0 Å². The second kappa shape index (κ2) is 14.2. The number of benzene rings is 1. The summed E-state index contributed by atoms with van der Waals surface area (Å²) in [7, 11) is 0. The Hall–Kier alpha value is -1.04. The Morgan fingerprint density at radius 2 is 1.26 bits per heavy atom. The number of hydrogen-bond acceptors (Lipinski definition) is 0. The summed E-state index contributed by atoms with van der Waals surface area (Å²) in [4.78, 5) is 0. The van der Waals surface area contributed by atoms with Crippen LogP contribution in [-0.4, -0.2) is 0 Å². The zero-order valence-corrected chi connectivity index (χ0v) is 20.8. The first-order valence-corrected chi connectivity index (χ1v) is 14.1. The molecule has 0 aromatic heterocycles. The molecule has 31 heavy (non-hydrogen) atoms. The van der Waals surface area contributed by atoms with Crippen molar-refractivity contribution in [3.8, 4) is 0 Å². The molecule has 2 aliphatic rings. The third-order valence-electron chi connectivity index (χ3n) is 8.30. The molecule has 3 rings (SSSR count). The van der Waals surface area contributed by atoms with Crippen LogP contribution in [0.3, 0.4) is 0 Å². The zero-order chi connectivity index (χ0) is 21.7. The van der Waals surface area contributed by atoms with Crippen molar-refractivity contribution in [3.63, 3.8) is 0 Å². The van der Waals surface area contributed by atoms with Crippen LogP contribution < -0.4 is 0 Å². The Kier molecular flexibility index (Phi) is 11.3. The second-order valence-corrected chi connectivity index (χ2v) is 10.8. The third-order valence-corrected chi connectivity index (χ3v) is 8.30. The molecular formula is C31H50. The maximum absolute atomic E-state index is 2.56. The summed E-state index contributed by atoms with van der Waals surface area (Å²) >= 11 is 0. The summed E-state index contributed by atoms with van der Waals surface area (Å²) in [5, 5.41) is 0. The molecule has 0 heteroatoms. The zero-order valence-electron chi connectivity index (χ0n) is 20.8. The van der Waals surface area contributed by atoms with Gasteiger partial charge < -0.3 is 0 Å². The molecule has 0 saturated heterocycles. The molecule has 1 atom stereocenters. The number of unbranched alkanes of at least 4 members (excludes halogenated alkanes) is 7. The van der Waals surface area contributed by atoms with Crippen LogP contribution >= 0.6 is 0 Å². The standard InChI is InChI=1S/C31H50/c1-3-5-7-9-11-13-27-16-20-29(21-17-27)31-24-22-30(23-25-31)28-18-14-26(15-19-28)12-10-8-6-4-2/h18,22-27,29H,3-17,19-21H2,1-2H3. The van der Waals surface area contributed by atoms with Gasteiger partial charge >= 0.3 is 0 Å². The number of allylic oxidation sites excluding steroid dienone is 2. The average molecular weight is 423 g/mol. The summed E-state index contributed by atoms with van der Waals surface area (Å²) in [5.41, 5.74) is 4.72. The Labute approximate surface area is 194 Å². The fourth-order valence-corrected chi connectivity index (χ4v) is 6.06. The fourth-order valence-electron chi connectivity index (χ4n) is 6.06. The molecule has 2 aliphatic carbocycles. The minimum Gasteiger partial charge on any atom is -0.0804 e. The fraction of sp³-hybridized carbons (Fsp3) is 0.742. The Morgan fingerprint density at radius 1 is 0.645 bits per heavy atom. The minimum absolute atomic E-state index is 0.818. The molecule has 0 radical (unpaired) electrons. The van der Waals surface area contributed by atoms with E-state index in [-0.39, 0.29) is 0 Å². The molecule has 1 saturated carbocycles. The minimum atomic E-state index is 0.818. The normalized spacial score (nSPS) is 24.2. The maximum atomic E-state index is 2.56. The van der Waals surface area contributed by atoms with Crippen molar-refractivity contribution in [1.29, 1.82) is 0 Å². The SMILES string of the molecule is CCCCCCCC1CCC(c2ccc(C3=CCC(CCCCCC)CC3)cc2)CC1. The number of hydrogen-bond donors (Lipinski definition) is 0. The van der Waals surface area contributed by atoms with Gasteiger partial charge in [0.15, 0.2) is 0 Å². The summed E-state index contributed by atoms with van der Waals surface area (Å²) in [6.45, 7) is 4.62. The lowest BCUT2D eigenvalue weighted by atomic mass is 9.76. The molecule has 1 aromatic carbocycles. The predicted molar refractivity (Wildman–Crippen MR) is 139 cm³/mol. The highest BCUT2D eigenvalue weighted by molar-refractivity contribution is 5.66. The van der Waals surface area contributed by atoms with Gasteiger partial charge in [-0.3, -0.25) is 0 Å². The third kappa shape index (κ3) is 8.43. The van der Waals surface area contributed by atoms with Gasteiger partial charge in [-0.2, -0.15) is 0 Å². The Balaban J connectivity index is 1.38. The molecule has 0 heterocycles. The highest BCUT2D eigenvalue weighted by Crippen LogP contribution is 2.39. The molecule has 0 amide bonds. The van der Waals surface area contributed by atoms with Crippen molar-refractivity contribution in [2.24, 2.45) is 11.8 Å². The molecule has 174 valence electrons. The van der Waals surface area contributed by atoms with Crippen LogP contribution in [0.25, 0.3) is 5.57 Å². The van der Waals surface area contributed by atoms with Gasteiger partial charge in [0.05, 0.1) is 0 Å². The van der Waals surface area contributed by atoms with E-state index in [9.17, 15) is 0 Å². The second-order valence-electron chi connectivity index (χ2n) is 10.8. The van der Waals surface area contributed by atoms with E-state index in [1.54, 1.807) is 11.1 Å². The van der Waals surface area contributed by atoms with E-state index in [0.29, 0.717) is 0 Å². The topological polar surface area (TPSA) is 0 Å². The first-order chi connectivity index (χ1) is 15.3. The van der Waals surface area contributed by atoms with Crippen LogP contribution in [0.4, 0.5) is 0 Å². The van der Waals surface area contributed by atoms with E-state index in [0.717, 1.165) is 17.8 Å². The summed E-state index contributed by atoms with van der Waals surface area (Å²) in [6.07, 6.45) is 28.1. The van der Waals surface area contributed by atoms with Gasteiger partial charge in [0.1, 0.15) is 0 Å². The van der Waals surface area contributed by atoms with Crippen molar-refractivity contribution in [3.05, 3.63) is 41.5 Å². The molecule has 1 fully saturated rings. The monoisotopic (exact) mass is 422 g/mol. The molecule has 0 spiro atoms. The van der Waals surface area contributed by atoms with Crippen LogP contribution in [0.2, 0.25) is 0 Å². The summed E-state index contributed by atoms with van der Waals surface area (Å²) in [6, 6.07) is 9.79. The number of rotatable bonds is 13. The van der Waals surface area contributed by atoms with Crippen LogP contribution in [0.1, 0.15) is 146 Å². The van der Waals surface area contributed by atoms with E-state index >= 15 is 0 Å². The lowest BCUT2D eigenvalue weighted by Gasteiger charge is -2.29. The van der Waals surface area contributed by atoms with Gasteiger partial charge in [0.2, 0.25) is 0 Å². The van der Waals surface area contributed by atoms with Gasteiger partial charge in [-0.05, 0) is 79.4 Å². The van der Waals surface area contributed by atoms with E-state index in [1.165, 1.54) is 121 Å². The predicted octanol–water partition coefficient (Wildman–Crippen LogP) is 10.5. The van der Waals surface area contributed by atoms with Gasteiger partial charge in [0.25, 0.3) is 0 Å². The van der Waals surface area contributed by atoms with E-state index < -0.39 is 0 Å². The van der Waals surface area contributed by atoms with Crippen LogP contribution in [0, 0.1) is 11.8 Å². The Bertz CT molecular complexity index is 614. The highest BCUT2D eigenvalue weighted by atomic mass is 14.3. The quantitative estimate of drug-likeness (QED) is 0.277. The molecule has 1 unspecified atom stereocenters.